The fourth-order valence-corrected chi connectivity index (χ4v) is 2.57. The largest absolute Gasteiger partial charge is 0.488 e. The van der Waals surface area contributed by atoms with Crippen LogP contribution in [0, 0.1) is 0 Å². The zero-order chi connectivity index (χ0) is 17.5. The zero-order valence-corrected chi connectivity index (χ0v) is 12.1. The number of benzene rings is 2. The number of fused-ring (bicyclic) bond motifs is 1. The van der Waals surface area contributed by atoms with Gasteiger partial charge in [-0.15, -0.1) is 0 Å². The molecule has 0 aliphatic carbocycles. The number of hydrogen-bond donors (Lipinski definition) is 3. The standard InChI is InChI=1S/C16H11BF3NO3/c18-16(19,20)14-4-2-11(17(23)24)8-13(14)9-1-3-12-10(7-9)5-6-21-15(12)22/h1-8,23-24H,(H,21,22). The number of hydrogen-bond acceptors (Lipinski definition) is 3. The molecule has 0 radical (unpaired) electrons. The maximum absolute atomic E-state index is 13.3. The molecule has 0 amide bonds. The summed E-state index contributed by atoms with van der Waals surface area (Å²) in [4.78, 5) is 14.2. The quantitative estimate of drug-likeness (QED) is 0.627. The summed E-state index contributed by atoms with van der Waals surface area (Å²) in [7, 11) is -1.88. The third kappa shape index (κ3) is 2.93. The normalized spacial score (nSPS) is 11.7. The summed E-state index contributed by atoms with van der Waals surface area (Å²) in [5.41, 5.74) is -1.24. The molecule has 1 heterocycles. The third-order valence-corrected chi connectivity index (χ3v) is 3.73. The van der Waals surface area contributed by atoms with E-state index in [9.17, 15) is 28.0 Å². The highest BCUT2D eigenvalue weighted by Gasteiger charge is 2.34. The summed E-state index contributed by atoms with van der Waals surface area (Å²) in [6, 6.07) is 8.79. The molecule has 0 bridgehead atoms. The Hall–Kier alpha value is -2.58. The first-order valence-electron chi connectivity index (χ1n) is 6.96. The Bertz CT molecular complexity index is 967. The van der Waals surface area contributed by atoms with Crippen LogP contribution in [0.2, 0.25) is 0 Å². The summed E-state index contributed by atoms with van der Waals surface area (Å²) in [6.07, 6.45) is -3.19. The number of rotatable bonds is 2. The summed E-state index contributed by atoms with van der Waals surface area (Å²) in [5.74, 6) is 0. The van der Waals surface area contributed by atoms with Crippen LogP contribution in [0.15, 0.2) is 53.5 Å². The van der Waals surface area contributed by atoms with Crippen molar-refractivity contribution in [3.8, 4) is 11.1 Å². The van der Waals surface area contributed by atoms with Gasteiger partial charge in [-0.2, -0.15) is 13.2 Å². The van der Waals surface area contributed by atoms with Gasteiger partial charge in [0.1, 0.15) is 0 Å². The average molecular weight is 333 g/mol. The highest BCUT2D eigenvalue weighted by atomic mass is 19.4. The van der Waals surface area contributed by atoms with Gasteiger partial charge >= 0.3 is 13.3 Å². The van der Waals surface area contributed by atoms with Crippen molar-refractivity contribution < 1.29 is 23.2 Å². The number of pyridine rings is 1. The summed E-state index contributed by atoms with van der Waals surface area (Å²) < 4.78 is 39.8. The predicted molar refractivity (Wildman–Crippen MR) is 84.8 cm³/mol. The minimum atomic E-state index is -4.60. The smallest absolute Gasteiger partial charge is 0.423 e. The first-order valence-corrected chi connectivity index (χ1v) is 6.96. The second-order valence-electron chi connectivity index (χ2n) is 5.29. The summed E-state index contributed by atoms with van der Waals surface area (Å²) >= 11 is 0. The fraction of sp³-hybridized carbons (Fsp3) is 0.0625. The third-order valence-electron chi connectivity index (χ3n) is 3.73. The van der Waals surface area contributed by atoms with Crippen LogP contribution in [0.25, 0.3) is 21.9 Å². The second kappa shape index (κ2) is 5.81. The molecule has 3 aromatic rings. The summed E-state index contributed by atoms with van der Waals surface area (Å²) in [5, 5.41) is 19.3. The Morgan fingerprint density at radius 1 is 1.00 bits per heavy atom. The molecule has 0 fully saturated rings. The molecule has 24 heavy (non-hydrogen) atoms. The average Bonchev–Trinajstić information content (AvgIpc) is 2.53. The van der Waals surface area contributed by atoms with Crippen molar-refractivity contribution in [2.75, 3.05) is 0 Å². The number of alkyl halides is 3. The van der Waals surface area contributed by atoms with E-state index in [1.165, 1.54) is 24.4 Å². The van der Waals surface area contributed by atoms with Crippen molar-refractivity contribution in [2.45, 2.75) is 6.18 Å². The number of aromatic nitrogens is 1. The molecule has 0 saturated heterocycles. The molecular formula is C16H11BF3NO3. The lowest BCUT2D eigenvalue weighted by molar-refractivity contribution is -0.137. The van der Waals surface area contributed by atoms with Gasteiger partial charge in [-0.1, -0.05) is 18.2 Å². The van der Waals surface area contributed by atoms with E-state index in [1.54, 1.807) is 6.07 Å². The highest BCUT2D eigenvalue weighted by molar-refractivity contribution is 6.58. The molecule has 0 aliphatic heterocycles. The molecule has 3 N–H and O–H groups in total. The van der Waals surface area contributed by atoms with Crippen molar-refractivity contribution in [1.82, 2.24) is 4.98 Å². The van der Waals surface area contributed by atoms with Gasteiger partial charge in [-0.05, 0) is 46.2 Å². The van der Waals surface area contributed by atoms with Crippen molar-refractivity contribution >= 4 is 23.4 Å². The van der Waals surface area contributed by atoms with Gasteiger partial charge < -0.3 is 15.0 Å². The van der Waals surface area contributed by atoms with Gasteiger partial charge in [0.15, 0.2) is 0 Å². The van der Waals surface area contributed by atoms with Crippen LogP contribution in [0.3, 0.4) is 0 Å². The van der Waals surface area contributed by atoms with Crippen LogP contribution in [-0.2, 0) is 6.18 Å². The highest BCUT2D eigenvalue weighted by Crippen LogP contribution is 2.37. The molecule has 8 heteroatoms. The lowest BCUT2D eigenvalue weighted by atomic mass is 9.78. The molecule has 0 spiro atoms. The molecule has 1 aromatic heterocycles. The van der Waals surface area contributed by atoms with Crippen molar-refractivity contribution in [1.29, 1.82) is 0 Å². The molecule has 4 nitrogen and oxygen atoms in total. The van der Waals surface area contributed by atoms with Gasteiger partial charge in [0.05, 0.1) is 5.56 Å². The van der Waals surface area contributed by atoms with Crippen molar-refractivity contribution in [2.24, 2.45) is 0 Å². The molecule has 0 unspecified atom stereocenters. The van der Waals surface area contributed by atoms with E-state index in [-0.39, 0.29) is 22.1 Å². The maximum atomic E-state index is 13.3. The Balaban J connectivity index is 2.27. The molecule has 0 saturated carbocycles. The molecule has 122 valence electrons. The topological polar surface area (TPSA) is 73.3 Å². The van der Waals surface area contributed by atoms with Crippen molar-refractivity contribution in [3.05, 3.63) is 64.6 Å². The summed E-state index contributed by atoms with van der Waals surface area (Å²) in [6.45, 7) is 0. The molecule has 0 aliphatic rings. The number of halogens is 3. The van der Waals surface area contributed by atoms with E-state index >= 15 is 0 Å². The van der Waals surface area contributed by atoms with Gasteiger partial charge in [-0.25, -0.2) is 0 Å². The Labute approximate surface area is 134 Å². The van der Waals surface area contributed by atoms with Crippen LogP contribution >= 0.6 is 0 Å². The van der Waals surface area contributed by atoms with Gasteiger partial charge in [0, 0.05) is 11.6 Å². The maximum Gasteiger partial charge on any atom is 0.488 e. The first-order chi connectivity index (χ1) is 11.3. The van der Waals surface area contributed by atoms with Crippen LogP contribution < -0.4 is 11.0 Å². The van der Waals surface area contributed by atoms with Gasteiger partial charge in [-0.3, -0.25) is 4.79 Å². The zero-order valence-electron chi connectivity index (χ0n) is 12.1. The molecular weight excluding hydrogens is 322 g/mol. The van der Waals surface area contributed by atoms with Gasteiger partial charge in [0.25, 0.3) is 5.56 Å². The first kappa shape index (κ1) is 16.3. The number of H-pyrrole nitrogens is 1. The van der Waals surface area contributed by atoms with E-state index < -0.39 is 18.9 Å². The lowest BCUT2D eigenvalue weighted by Gasteiger charge is -2.15. The number of aromatic amines is 1. The lowest BCUT2D eigenvalue weighted by Crippen LogP contribution is -2.30. The Morgan fingerprint density at radius 3 is 2.42 bits per heavy atom. The minimum absolute atomic E-state index is 0.0518. The van der Waals surface area contributed by atoms with Crippen LogP contribution in [0.4, 0.5) is 13.2 Å². The molecule has 0 atom stereocenters. The Kier molecular flexibility index (Phi) is 3.94. The van der Waals surface area contributed by atoms with E-state index in [0.29, 0.717) is 10.8 Å². The van der Waals surface area contributed by atoms with Crippen LogP contribution in [-0.4, -0.2) is 22.2 Å². The van der Waals surface area contributed by atoms with Crippen LogP contribution in [0.1, 0.15) is 5.56 Å². The van der Waals surface area contributed by atoms with E-state index in [1.807, 2.05) is 0 Å². The SMILES string of the molecule is O=c1[nH]ccc2cc(-c3cc(B(O)O)ccc3C(F)(F)F)ccc12. The fourth-order valence-electron chi connectivity index (χ4n) is 2.57. The predicted octanol–water partition coefficient (Wildman–Crippen LogP) is 1.89. The molecule has 3 rings (SSSR count). The molecule has 2 aromatic carbocycles. The van der Waals surface area contributed by atoms with E-state index in [2.05, 4.69) is 4.98 Å². The van der Waals surface area contributed by atoms with Crippen LogP contribution in [0.5, 0.6) is 0 Å². The van der Waals surface area contributed by atoms with Gasteiger partial charge in [0.2, 0.25) is 0 Å². The number of nitrogens with one attached hydrogen (secondary N) is 1. The van der Waals surface area contributed by atoms with E-state index in [4.69, 9.17) is 0 Å². The second-order valence-corrected chi connectivity index (χ2v) is 5.29. The van der Waals surface area contributed by atoms with E-state index in [0.717, 1.165) is 18.2 Å². The minimum Gasteiger partial charge on any atom is -0.423 e. The van der Waals surface area contributed by atoms with Crippen molar-refractivity contribution in [3.63, 3.8) is 0 Å². The Morgan fingerprint density at radius 2 is 1.75 bits per heavy atom. The monoisotopic (exact) mass is 333 g/mol.